The maximum absolute atomic E-state index is 9.55. The monoisotopic (exact) mass is 696 g/mol. The van der Waals surface area contributed by atoms with E-state index in [1.54, 1.807) is 12.1 Å². The summed E-state index contributed by atoms with van der Waals surface area (Å²) in [5.41, 5.74) is 4.00. The third-order valence-electron chi connectivity index (χ3n) is 11.5. The van der Waals surface area contributed by atoms with Crippen LogP contribution in [-0.2, 0) is 5.41 Å². The molecule has 11 rings (SSSR count). The number of benzene rings is 10. The zero-order valence-corrected chi connectivity index (χ0v) is 29.2. The standard InChI is InChI=1S/C53H42/c1-3-5-29-53(30-6-4-2)47-31-39(41-23-17-37-15-13-33-9-7-11-35-19-27-45(41)51(37)49(33)35)21-25-43(47)44-26-22-40(32-48(44)53)42-24-18-38-16-14-34-10-8-12-36-20-28-46(42)52(38)50(34)36/h7-28,31-32H,3-6,29-30H2,1-2H3/i7D,8D,9D,10D,11D,12D,13D,14D,15D,16D,17D,18D,19D,20D,23D,24D,27D,28D. The molecule has 10 aromatic carbocycles. The third-order valence-corrected chi connectivity index (χ3v) is 11.5. The van der Waals surface area contributed by atoms with E-state index in [-0.39, 0.29) is 112 Å². The van der Waals surface area contributed by atoms with Crippen molar-refractivity contribution in [3.8, 4) is 33.4 Å². The van der Waals surface area contributed by atoms with E-state index in [4.69, 9.17) is 13.7 Å². The predicted molar refractivity (Wildman–Crippen MR) is 230 cm³/mol. The van der Waals surface area contributed by atoms with Crippen molar-refractivity contribution in [3.63, 3.8) is 0 Å². The van der Waals surface area contributed by atoms with Crippen molar-refractivity contribution in [2.24, 2.45) is 0 Å². The number of unbranched alkanes of at least 4 members (excludes halogenated alkanes) is 2. The Labute approximate surface area is 336 Å². The summed E-state index contributed by atoms with van der Waals surface area (Å²) >= 11 is 0. The van der Waals surface area contributed by atoms with Crippen molar-refractivity contribution in [3.05, 3.63) is 156 Å². The van der Waals surface area contributed by atoms with Gasteiger partial charge in [-0.05, 0) is 134 Å². The van der Waals surface area contributed by atoms with Crippen LogP contribution in [0.15, 0.2) is 145 Å². The van der Waals surface area contributed by atoms with Crippen LogP contribution >= 0.6 is 0 Å². The van der Waals surface area contributed by atoms with Gasteiger partial charge in [0.15, 0.2) is 0 Å². The van der Waals surface area contributed by atoms with Gasteiger partial charge in [0.2, 0.25) is 0 Å². The highest BCUT2D eigenvalue weighted by atomic mass is 14.5. The molecule has 0 atom stereocenters. The summed E-state index contributed by atoms with van der Waals surface area (Å²) in [6.07, 6.45) is 4.51. The Morgan fingerprint density at radius 2 is 0.792 bits per heavy atom. The number of rotatable bonds is 8. The average molecular weight is 697 g/mol. The number of fused-ring (bicyclic) bond motifs is 3. The smallest absolute Gasteiger partial charge is 0.0630 e. The molecule has 1 aliphatic carbocycles. The largest absolute Gasteiger partial charge is 0.0654 e. The zero-order chi connectivity index (χ0) is 50.9. The van der Waals surface area contributed by atoms with Crippen LogP contribution in [0.5, 0.6) is 0 Å². The summed E-state index contributed by atoms with van der Waals surface area (Å²) < 4.78 is 163. The van der Waals surface area contributed by atoms with Crippen LogP contribution in [0.4, 0.5) is 0 Å². The second-order valence-electron chi connectivity index (χ2n) is 14.3. The molecule has 0 fully saturated rings. The molecule has 0 aliphatic heterocycles. The van der Waals surface area contributed by atoms with Gasteiger partial charge in [0, 0.05) is 5.41 Å². The third kappa shape index (κ3) is 4.36. The molecule has 0 saturated carbocycles. The van der Waals surface area contributed by atoms with Crippen molar-refractivity contribution in [2.45, 2.75) is 57.8 Å². The van der Waals surface area contributed by atoms with Gasteiger partial charge in [-0.25, -0.2) is 0 Å². The van der Waals surface area contributed by atoms with Crippen LogP contribution in [0.25, 0.3) is 98.0 Å². The summed E-state index contributed by atoms with van der Waals surface area (Å²) in [7, 11) is 0. The predicted octanol–water partition coefficient (Wildman–Crippen LogP) is 15.5. The van der Waals surface area contributed by atoms with Crippen LogP contribution in [-0.4, -0.2) is 0 Å². The van der Waals surface area contributed by atoms with Crippen molar-refractivity contribution >= 4 is 64.6 Å². The Morgan fingerprint density at radius 1 is 0.415 bits per heavy atom. The van der Waals surface area contributed by atoms with E-state index in [9.17, 15) is 11.0 Å². The van der Waals surface area contributed by atoms with Gasteiger partial charge in [-0.15, -0.1) is 0 Å². The fourth-order valence-electron chi connectivity index (χ4n) is 8.98. The lowest BCUT2D eigenvalue weighted by molar-refractivity contribution is 0.414. The van der Waals surface area contributed by atoms with Crippen LogP contribution < -0.4 is 0 Å². The van der Waals surface area contributed by atoms with Crippen LogP contribution in [0.3, 0.4) is 0 Å². The maximum Gasteiger partial charge on any atom is 0.0630 e. The van der Waals surface area contributed by atoms with Crippen LogP contribution in [0, 0.1) is 0 Å². The Hall–Kier alpha value is -5.72. The van der Waals surface area contributed by atoms with Crippen molar-refractivity contribution in [2.75, 3.05) is 0 Å². The molecule has 0 amide bonds. The average Bonchev–Trinajstić information content (AvgIpc) is 3.61. The molecule has 10 aromatic rings. The molecular formula is C53H42. The topological polar surface area (TPSA) is 0 Å². The van der Waals surface area contributed by atoms with Gasteiger partial charge in [-0.1, -0.05) is 173 Å². The molecule has 0 heteroatoms. The van der Waals surface area contributed by atoms with E-state index in [2.05, 4.69) is 13.8 Å². The molecule has 0 saturated heterocycles. The molecule has 0 nitrogen and oxygen atoms in total. The lowest BCUT2D eigenvalue weighted by atomic mass is 9.70. The summed E-state index contributed by atoms with van der Waals surface area (Å²) in [6.45, 7) is 4.18. The molecule has 0 spiro atoms. The Bertz CT molecular complexity index is 3750. The minimum atomic E-state index is -0.721. The van der Waals surface area contributed by atoms with Gasteiger partial charge in [0.25, 0.3) is 0 Å². The Kier molecular flexibility index (Phi) is 3.93. The summed E-state index contributed by atoms with van der Waals surface area (Å²) in [4.78, 5) is 0. The summed E-state index contributed by atoms with van der Waals surface area (Å²) in [5.74, 6) is 0. The Morgan fingerprint density at radius 3 is 1.21 bits per heavy atom. The fourth-order valence-corrected chi connectivity index (χ4v) is 8.98. The minimum absolute atomic E-state index is 0.0735. The first-order valence-corrected chi connectivity index (χ1v) is 18.3. The highest BCUT2D eigenvalue weighted by Gasteiger charge is 2.42. The van der Waals surface area contributed by atoms with E-state index in [1.807, 2.05) is 24.3 Å². The van der Waals surface area contributed by atoms with Crippen LogP contribution in [0.1, 0.15) is 88.2 Å². The Balaban J connectivity index is 1.22. The van der Waals surface area contributed by atoms with E-state index in [0.717, 1.165) is 47.9 Å². The van der Waals surface area contributed by atoms with Gasteiger partial charge in [-0.2, -0.15) is 0 Å². The van der Waals surface area contributed by atoms with E-state index in [1.165, 1.54) is 0 Å². The quantitative estimate of drug-likeness (QED) is 0.139. The van der Waals surface area contributed by atoms with Gasteiger partial charge in [-0.3, -0.25) is 0 Å². The molecule has 254 valence electrons. The number of hydrogen-bond acceptors (Lipinski definition) is 0. The van der Waals surface area contributed by atoms with Crippen molar-refractivity contribution < 1.29 is 24.7 Å². The minimum Gasteiger partial charge on any atom is -0.0654 e. The molecule has 0 bridgehead atoms. The first kappa shape index (κ1) is 17.9. The van der Waals surface area contributed by atoms with E-state index in [0.29, 0.717) is 24.0 Å². The normalized spacial score (nSPS) is 18.5. The SMILES string of the molecule is [2H]c1c([2H])c2c([2H])c([2H])c3c([2H])c([2H])c(-c4ccc5c(c4)C(CCCC)(CCCC)c4cc(-c6c([2H])c([2H])c7c([2H])c([2H])c8c([2H])c([2H])c([2H])c9c([2H])c([2H])c6c7c89)ccc4-5)c4c([2H])c([2H])c(c1[2H])c2c34. The van der Waals surface area contributed by atoms with Crippen molar-refractivity contribution in [1.29, 1.82) is 0 Å². The number of hydrogen-bond donors (Lipinski definition) is 0. The van der Waals surface area contributed by atoms with Crippen molar-refractivity contribution in [1.82, 2.24) is 0 Å². The molecule has 0 radical (unpaired) electrons. The zero-order valence-electron chi connectivity index (χ0n) is 47.2. The van der Waals surface area contributed by atoms with E-state index < -0.39 is 77.9 Å². The van der Waals surface area contributed by atoms with E-state index >= 15 is 0 Å². The molecular weight excluding hydrogens is 637 g/mol. The summed E-state index contributed by atoms with van der Waals surface area (Å²) in [6, 6.07) is 3.57. The first-order chi connectivity index (χ1) is 33.7. The lowest BCUT2D eigenvalue weighted by Gasteiger charge is -2.33. The van der Waals surface area contributed by atoms with Gasteiger partial charge >= 0.3 is 0 Å². The fraction of sp³-hybridized carbons (Fsp3) is 0.170. The summed E-state index contributed by atoms with van der Waals surface area (Å²) in [5, 5.41) is -0.171. The molecule has 0 heterocycles. The van der Waals surface area contributed by atoms with Gasteiger partial charge < -0.3 is 0 Å². The lowest BCUT2D eigenvalue weighted by Crippen LogP contribution is -2.25. The highest BCUT2D eigenvalue weighted by Crippen LogP contribution is 2.56. The van der Waals surface area contributed by atoms with Gasteiger partial charge in [0.1, 0.15) is 0 Å². The second-order valence-corrected chi connectivity index (χ2v) is 14.3. The van der Waals surface area contributed by atoms with Crippen LogP contribution in [0.2, 0.25) is 0 Å². The highest BCUT2D eigenvalue weighted by molar-refractivity contribution is 6.26. The molecule has 1 aliphatic rings. The molecule has 53 heavy (non-hydrogen) atoms. The molecule has 0 unspecified atom stereocenters. The molecule has 0 N–H and O–H groups in total. The van der Waals surface area contributed by atoms with Gasteiger partial charge in [0.05, 0.1) is 24.7 Å². The maximum atomic E-state index is 9.55. The molecule has 0 aromatic heterocycles. The first-order valence-electron chi connectivity index (χ1n) is 27.3. The second kappa shape index (κ2) is 11.6.